The van der Waals surface area contributed by atoms with Gasteiger partial charge in [-0.05, 0) is 6.07 Å². The molecule has 0 radical (unpaired) electrons. The molecule has 16 heavy (non-hydrogen) atoms. The summed E-state index contributed by atoms with van der Waals surface area (Å²) in [5, 5.41) is 0.986. The number of rotatable bonds is 3. The van der Waals surface area contributed by atoms with Crippen molar-refractivity contribution in [1.29, 1.82) is 0 Å². The molecule has 1 rings (SSSR count). The Hall–Kier alpha value is -0.236. The molecule has 0 fully saturated rings. The Morgan fingerprint density at radius 2 is 1.94 bits per heavy atom. The van der Waals surface area contributed by atoms with Gasteiger partial charge in [0.1, 0.15) is 14.3 Å². The first-order valence-corrected chi connectivity index (χ1v) is 8.79. The largest absolute Gasteiger partial charge is 1.00 e. The van der Waals surface area contributed by atoms with Gasteiger partial charge in [-0.3, -0.25) is 4.79 Å². The summed E-state index contributed by atoms with van der Waals surface area (Å²) in [6.07, 6.45) is 4.60. The van der Waals surface area contributed by atoms with Crippen LogP contribution in [-0.2, 0) is 0 Å². The number of carbonyl (C=O) groups excluding carboxylic acids is 1. The van der Waals surface area contributed by atoms with Gasteiger partial charge < -0.3 is 11.3 Å². The maximum Gasteiger partial charge on any atom is 1.00 e. The number of hydrogen-bond donors (Lipinski definition) is 0. The third-order valence-corrected chi connectivity index (χ3v) is 3.59. The first-order chi connectivity index (χ1) is 6.95. The van der Waals surface area contributed by atoms with Crippen LogP contribution in [0.15, 0.2) is 16.7 Å². The Morgan fingerprint density at radius 1 is 1.44 bits per heavy atom. The minimum Gasteiger partial charge on any atom is -0.474 e. The van der Waals surface area contributed by atoms with E-state index in [2.05, 4.69) is 33.5 Å². The van der Waals surface area contributed by atoms with E-state index in [-0.39, 0.29) is 18.9 Å². The van der Waals surface area contributed by atoms with E-state index in [4.69, 9.17) is 4.42 Å². The molecule has 0 saturated heterocycles. The number of unbranched alkanes of at least 4 members (excludes halogenated alkanes) is 1. The molecule has 0 aliphatic carbocycles. The third-order valence-electron chi connectivity index (χ3n) is 1.85. The summed E-state index contributed by atoms with van der Waals surface area (Å²) < 4.78 is 5.25. The van der Waals surface area contributed by atoms with Crippen LogP contribution in [0.5, 0.6) is 0 Å². The fraction of sp³-hybridized carbons (Fsp3) is 0.500. The SMILES string of the molecule is C[Si](C)(C)c1cc(C=O)co1.[CH2-]CCC.[Li+]. The van der Waals surface area contributed by atoms with Crippen LogP contribution in [0.4, 0.5) is 0 Å². The van der Waals surface area contributed by atoms with E-state index in [9.17, 15) is 4.79 Å². The molecule has 1 aromatic rings. The second-order valence-corrected chi connectivity index (χ2v) is 9.46. The molecule has 86 valence electrons. The Morgan fingerprint density at radius 3 is 2.12 bits per heavy atom. The van der Waals surface area contributed by atoms with E-state index in [1.807, 2.05) is 6.07 Å². The molecule has 0 aromatic carbocycles. The maximum atomic E-state index is 10.3. The topological polar surface area (TPSA) is 30.2 Å². The molecular weight excluding hydrogens is 211 g/mol. The van der Waals surface area contributed by atoms with Crippen LogP contribution in [0.1, 0.15) is 30.1 Å². The molecule has 0 unspecified atom stereocenters. The number of furan rings is 1. The predicted molar refractivity (Wildman–Crippen MR) is 67.3 cm³/mol. The van der Waals surface area contributed by atoms with Crippen LogP contribution in [0.3, 0.4) is 0 Å². The number of carbonyl (C=O) groups is 1. The van der Waals surface area contributed by atoms with Crippen LogP contribution in [0, 0.1) is 6.92 Å². The van der Waals surface area contributed by atoms with Crippen molar-refractivity contribution < 1.29 is 28.1 Å². The van der Waals surface area contributed by atoms with Crippen molar-refractivity contribution in [2.24, 2.45) is 0 Å². The standard InChI is InChI=1S/C8H12O2Si.C4H9.Li/c1-11(2,3)8-4-7(5-9)6-10-8;1-3-4-2;/h4-6H,1-3H3;1,3-4H2,2H3;/q;-1;+1. The van der Waals surface area contributed by atoms with Crippen molar-refractivity contribution in [3.63, 3.8) is 0 Å². The molecular formula is C12H21LiO2Si. The van der Waals surface area contributed by atoms with Gasteiger partial charge in [-0.2, -0.15) is 6.42 Å². The Balaban J connectivity index is 0. The van der Waals surface area contributed by atoms with E-state index >= 15 is 0 Å². The van der Waals surface area contributed by atoms with Gasteiger partial charge in [0.25, 0.3) is 0 Å². The maximum absolute atomic E-state index is 10.3. The van der Waals surface area contributed by atoms with E-state index in [0.717, 1.165) is 18.1 Å². The van der Waals surface area contributed by atoms with E-state index < -0.39 is 8.07 Å². The molecule has 0 aliphatic heterocycles. The molecule has 2 nitrogen and oxygen atoms in total. The molecule has 4 heteroatoms. The average molecular weight is 232 g/mol. The summed E-state index contributed by atoms with van der Waals surface area (Å²) in [7, 11) is -1.35. The van der Waals surface area contributed by atoms with Crippen LogP contribution in [0.25, 0.3) is 0 Å². The first kappa shape index (κ1) is 18.1. The first-order valence-electron chi connectivity index (χ1n) is 5.29. The zero-order chi connectivity index (χ0) is 11.9. The zero-order valence-corrected chi connectivity index (χ0v) is 12.2. The summed E-state index contributed by atoms with van der Waals surface area (Å²) >= 11 is 0. The second-order valence-electron chi connectivity index (χ2n) is 4.47. The van der Waals surface area contributed by atoms with Crippen LogP contribution in [0.2, 0.25) is 19.6 Å². The quantitative estimate of drug-likeness (QED) is 0.425. The van der Waals surface area contributed by atoms with Crippen molar-refractivity contribution in [3.8, 4) is 0 Å². The van der Waals surface area contributed by atoms with E-state index in [0.29, 0.717) is 5.56 Å². The summed E-state index contributed by atoms with van der Waals surface area (Å²) in [4.78, 5) is 10.3. The van der Waals surface area contributed by atoms with Crippen LogP contribution < -0.4 is 24.2 Å². The zero-order valence-electron chi connectivity index (χ0n) is 11.2. The van der Waals surface area contributed by atoms with Gasteiger partial charge in [-0.1, -0.05) is 33.0 Å². The van der Waals surface area contributed by atoms with Crippen molar-refractivity contribution in [1.82, 2.24) is 0 Å². The van der Waals surface area contributed by atoms with Crippen LogP contribution in [-0.4, -0.2) is 14.4 Å². The molecule has 0 bridgehead atoms. The summed E-state index contributed by atoms with van der Waals surface area (Å²) in [6, 6.07) is 1.83. The molecule has 1 aromatic heterocycles. The minimum absolute atomic E-state index is 0. The molecule has 0 spiro atoms. The monoisotopic (exact) mass is 232 g/mol. The van der Waals surface area contributed by atoms with Crippen molar-refractivity contribution in [3.05, 3.63) is 24.8 Å². The number of aldehydes is 1. The molecule has 0 amide bonds. The molecule has 0 saturated carbocycles. The smallest absolute Gasteiger partial charge is 0.474 e. The van der Waals surface area contributed by atoms with Gasteiger partial charge in [0.2, 0.25) is 0 Å². The van der Waals surface area contributed by atoms with Crippen molar-refractivity contribution in [2.75, 3.05) is 0 Å². The van der Waals surface area contributed by atoms with Crippen LogP contribution >= 0.6 is 0 Å². The van der Waals surface area contributed by atoms with Gasteiger partial charge in [0, 0.05) is 0 Å². The minimum atomic E-state index is -1.35. The Kier molecular flexibility index (Phi) is 10.0. The molecule has 1 heterocycles. The van der Waals surface area contributed by atoms with Crippen molar-refractivity contribution >= 4 is 19.7 Å². The average Bonchev–Trinajstić information content (AvgIpc) is 2.66. The Bertz CT molecular complexity index is 287. The summed E-state index contributed by atoms with van der Waals surface area (Å²) in [5.74, 6) is 0. The summed E-state index contributed by atoms with van der Waals surface area (Å²) in [6.45, 7) is 12.3. The van der Waals surface area contributed by atoms with E-state index in [1.165, 1.54) is 12.7 Å². The van der Waals surface area contributed by atoms with Crippen molar-refractivity contribution in [2.45, 2.75) is 39.4 Å². The molecule has 0 N–H and O–H groups in total. The fourth-order valence-corrected chi connectivity index (χ4v) is 1.82. The predicted octanol–water partition coefficient (Wildman–Crippen LogP) is 0.262. The number of hydrogen-bond acceptors (Lipinski definition) is 2. The van der Waals surface area contributed by atoms with Gasteiger partial charge in [-0.15, -0.1) is 0 Å². The normalized spacial score (nSPS) is 9.81. The fourth-order valence-electron chi connectivity index (χ4n) is 0.806. The third kappa shape index (κ3) is 7.11. The second kappa shape index (κ2) is 8.86. The molecule has 0 aliphatic rings. The van der Waals surface area contributed by atoms with Gasteiger partial charge in [-0.25, -0.2) is 0 Å². The Labute approximate surface area is 112 Å². The van der Waals surface area contributed by atoms with Gasteiger partial charge in [0.05, 0.1) is 10.9 Å². The van der Waals surface area contributed by atoms with E-state index in [1.54, 1.807) is 0 Å². The van der Waals surface area contributed by atoms with Gasteiger partial charge >= 0.3 is 18.9 Å². The van der Waals surface area contributed by atoms with Gasteiger partial charge in [0.15, 0.2) is 6.29 Å². The molecule has 0 atom stereocenters. The summed E-state index contributed by atoms with van der Waals surface area (Å²) in [5.41, 5.74) is 0.641.